The maximum Gasteiger partial charge on any atom is 0.135 e. The third kappa shape index (κ3) is 2.54. The molecule has 0 spiro atoms. The molecule has 0 aliphatic heterocycles. The molecule has 0 aromatic carbocycles. The summed E-state index contributed by atoms with van der Waals surface area (Å²) in [5.41, 5.74) is 6.27. The lowest BCUT2D eigenvalue weighted by atomic mass is 10.1. The summed E-state index contributed by atoms with van der Waals surface area (Å²) in [5, 5.41) is 9.77. The molecule has 0 bridgehead atoms. The van der Waals surface area contributed by atoms with Gasteiger partial charge >= 0.3 is 0 Å². The third-order valence-electron chi connectivity index (χ3n) is 1.72. The first-order valence-electron chi connectivity index (χ1n) is 3.78. The Kier molecular flexibility index (Phi) is 3.50. The molecule has 0 saturated carbocycles. The summed E-state index contributed by atoms with van der Waals surface area (Å²) in [5.74, 6) is 0. The van der Waals surface area contributed by atoms with Gasteiger partial charge in [0.2, 0.25) is 0 Å². The molecule has 1 aromatic rings. The van der Waals surface area contributed by atoms with E-state index < -0.39 is 12.1 Å². The lowest BCUT2D eigenvalue weighted by Crippen LogP contribution is -2.23. The summed E-state index contributed by atoms with van der Waals surface area (Å²) < 4.78 is 0. The fourth-order valence-corrected chi connectivity index (χ4v) is 1.40. The van der Waals surface area contributed by atoms with E-state index in [0.29, 0.717) is 10.7 Å². The molecule has 0 amide bonds. The summed E-state index contributed by atoms with van der Waals surface area (Å²) in [6.45, 7) is 1.59. The first kappa shape index (κ1) is 10.7. The molecule has 2 atom stereocenters. The minimum absolute atomic E-state index is 0.237. The quantitative estimate of drug-likeness (QED) is 0.748. The van der Waals surface area contributed by atoms with Crippen LogP contribution in [0.1, 0.15) is 18.5 Å². The zero-order chi connectivity index (χ0) is 10.0. The Labute approximate surface area is 86.5 Å². The number of rotatable bonds is 2. The highest BCUT2D eigenvalue weighted by molar-refractivity contribution is 6.32. The maximum atomic E-state index is 9.22. The number of halogens is 2. The lowest BCUT2D eigenvalue weighted by Gasteiger charge is -2.15. The minimum atomic E-state index is -0.666. The molecule has 0 aliphatic rings. The van der Waals surface area contributed by atoms with Crippen molar-refractivity contribution in [3.05, 3.63) is 28.0 Å². The predicted octanol–water partition coefficient (Wildman–Crippen LogP) is 1.77. The van der Waals surface area contributed by atoms with Crippen LogP contribution >= 0.6 is 23.2 Å². The Hall–Kier alpha value is -0.350. The van der Waals surface area contributed by atoms with E-state index in [0.717, 1.165) is 0 Å². The van der Waals surface area contributed by atoms with Gasteiger partial charge in [-0.05, 0) is 13.0 Å². The molecular formula is C8H10Cl2N2O. The second-order valence-electron chi connectivity index (χ2n) is 2.78. The van der Waals surface area contributed by atoms with Crippen LogP contribution in [-0.4, -0.2) is 16.2 Å². The minimum Gasteiger partial charge on any atom is -0.391 e. The molecule has 13 heavy (non-hydrogen) atoms. The van der Waals surface area contributed by atoms with Crippen LogP contribution in [0, 0.1) is 0 Å². The van der Waals surface area contributed by atoms with Crippen molar-refractivity contribution in [1.29, 1.82) is 0 Å². The predicted molar refractivity (Wildman–Crippen MR) is 52.9 cm³/mol. The molecule has 0 saturated heterocycles. The zero-order valence-corrected chi connectivity index (χ0v) is 8.55. The van der Waals surface area contributed by atoms with Crippen LogP contribution in [0.15, 0.2) is 12.1 Å². The van der Waals surface area contributed by atoms with E-state index in [-0.39, 0.29) is 5.15 Å². The molecule has 0 aliphatic carbocycles. The first-order valence-corrected chi connectivity index (χ1v) is 4.53. The van der Waals surface area contributed by atoms with Gasteiger partial charge in [0.1, 0.15) is 10.3 Å². The second kappa shape index (κ2) is 4.24. The Morgan fingerprint density at radius 2 is 2.08 bits per heavy atom. The van der Waals surface area contributed by atoms with E-state index in [9.17, 15) is 5.11 Å². The number of nitrogens with two attached hydrogens (primary N) is 1. The van der Waals surface area contributed by atoms with Gasteiger partial charge in [-0.2, -0.15) is 0 Å². The monoisotopic (exact) mass is 220 g/mol. The first-order chi connectivity index (χ1) is 6.02. The molecule has 1 rings (SSSR count). The van der Waals surface area contributed by atoms with Crippen molar-refractivity contribution in [2.45, 2.75) is 19.1 Å². The normalized spacial score (nSPS) is 15.5. The Bertz CT molecular complexity index is 304. The van der Waals surface area contributed by atoms with Crippen molar-refractivity contribution in [2.75, 3.05) is 0 Å². The molecule has 1 aromatic heterocycles. The average molecular weight is 221 g/mol. The van der Waals surface area contributed by atoms with Gasteiger partial charge < -0.3 is 10.8 Å². The summed E-state index contributed by atoms with van der Waals surface area (Å²) in [6.07, 6.45) is -0.666. The van der Waals surface area contributed by atoms with Crippen LogP contribution in [-0.2, 0) is 0 Å². The molecule has 72 valence electrons. The van der Waals surface area contributed by atoms with E-state index in [1.54, 1.807) is 19.1 Å². The number of hydrogen-bond donors (Lipinski definition) is 2. The van der Waals surface area contributed by atoms with E-state index in [1.807, 2.05) is 0 Å². The van der Waals surface area contributed by atoms with Gasteiger partial charge in [-0.25, -0.2) is 4.98 Å². The number of nitrogens with zero attached hydrogens (tertiary/aromatic N) is 1. The number of aromatic nitrogens is 1. The average Bonchev–Trinajstić information content (AvgIpc) is 2.03. The number of pyridine rings is 1. The van der Waals surface area contributed by atoms with Crippen molar-refractivity contribution in [3.8, 4) is 0 Å². The van der Waals surface area contributed by atoms with Crippen LogP contribution in [0.3, 0.4) is 0 Å². The van der Waals surface area contributed by atoms with E-state index in [4.69, 9.17) is 28.9 Å². The van der Waals surface area contributed by atoms with Gasteiger partial charge in [0.25, 0.3) is 0 Å². The van der Waals surface area contributed by atoms with Crippen LogP contribution in [0.5, 0.6) is 0 Å². The van der Waals surface area contributed by atoms with E-state index in [2.05, 4.69) is 4.98 Å². The summed E-state index contributed by atoms with van der Waals surface area (Å²) in [7, 11) is 0. The van der Waals surface area contributed by atoms with Crippen molar-refractivity contribution < 1.29 is 5.11 Å². The lowest BCUT2D eigenvalue weighted by molar-refractivity contribution is 0.164. The number of aliphatic hydroxyl groups excluding tert-OH is 1. The largest absolute Gasteiger partial charge is 0.391 e. The Balaban J connectivity index is 3.01. The van der Waals surface area contributed by atoms with Gasteiger partial charge in [-0.3, -0.25) is 0 Å². The Morgan fingerprint density at radius 3 is 2.54 bits per heavy atom. The number of aliphatic hydroxyl groups is 1. The van der Waals surface area contributed by atoms with Crippen molar-refractivity contribution in [1.82, 2.24) is 4.98 Å². The van der Waals surface area contributed by atoms with E-state index in [1.165, 1.54) is 0 Å². The standard InChI is InChI=1S/C8H10Cl2N2O/c1-4(13)7(11)5-2-3-6(9)12-8(5)10/h2-4,7,13H,11H2,1H3/t4-,7-/m1/s1. The highest BCUT2D eigenvalue weighted by Crippen LogP contribution is 2.23. The van der Waals surface area contributed by atoms with Gasteiger partial charge in [-0.1, -0.05) is 29.3 Å². The smallest absolute Gasteiger partial charge is 0.135 e. The van der Waals surface area contributed by atoms with E-state index >= 15 is 0 Å². The molecule has 3 N–H and O–H groups in total. The van der Waals surface area contributed by atoms with Crippen molar-refractivity contribution in [2.24, 2.45) is 5.73 Å². The molecule has 0 radical (unpaired) electrons. The molecule has 0 fully saturated rings. The highest BCUT2D eigenvalue weighted by atomic mass is 35.5. The highest BCUT2D eigenvalue weighted by Gasteiger charge is 2.15. The molecule has 1 heterocycles. The third-order valence-corrected chi connectivity index (χ3v) is 2.24. The molecule has 5 heteroatoms. The summed E-state index contributed by atoms with van der Waals surface area (Å²) >= 11 is 11.4. The Morgan fingerprint density at radius 1 is 1.46 bits per heavy atom. The second-order valence-corrected chi connectivity index (χ2v) is 3.53. The molecule has 0 unspecified atom stereocenters. The van der Waals surface area contributed by atoms with Crippen molar-refractivity contribution in [3.63, 3.8) is 0 Å². The number of hydrogen-bond acceptors (Lipinski definition) is 3. The van der Waals surface area contributed by atoms with Crippen LogP contribution in [0.2, 0.25) is 10.3 Å². The van der Waals surface area contributed by atoms with Crippen LogP contribution in [0.25, 0.3) is 0 Å². The van der Waals surface area contributed by atoms with Gasteiger partial charge in [0.05, 0.1) is 12.1 Å². The van der Waals surface area contributed by atoms with Gasteiger partial charge in [0.15, 0.2) is 0 Å². The molecular weight excluding hydrogens is 211 g/mol. The summed E-state index contributed by atoms with van der Waals surface area (Å²) in [6, 6.07) is 2.72. The zero-order valence-electron chi connectivity index (χ0n) is 7.04. The molecule has 3 nitrogen and oxygen atoms in total. The van der Waals surface area contributed by atoms with Gasteiger partial charge in [-0.15, -0.1) is 0 Å². The fraction of sp³-hybridized carbons (Fsp3) is 0.375. The van der Waals surface area contributed by atoms with Gasteiger partial charge in [0, 0.05) is 5.56 Å². The maximum absolute atomic E-state index is 9.22. The van der Waals surface area contributed by atoms with Crippen LogP contribution < -0.4 is 5.73 Å². The topological polar surface area (TPSA) is 59.1 Å². The van der Waals surface area contributed by atoms with Crippen molar-refractivity contribution >= 4 is 23.2 Å². The summed E-state index contributed by atoms with van der Waals surface area (Å²) in [4.78, 5) is 3.82. The van der Waals surface area contributed by atoms with Crippen LogP contribution in [0.4, 0.5) is 0 Å². The SMILES string of the molecule is C[C@@H](O)[C@@H](N)c1ccc(Cl)nc1Cl. The fourth-order valence-electron chi connectivity index (χ4n) is 0.931.